The first kappa shape index (κ1) is 13.2. The number of amides is 1. The van der Waals surface area contributed by atoms with Gasteiger partial charge in [-0.2, -0.15) is 0 Å². The minimum atomic E-state index is -0.0653. The van der Waals surface area contributed by atoms with Crippen molar-refractivity contribution in [2.24, 2.45) is 5.73 Å². The lowest BCUT2D eigenvalue weighted by Crippen LogP contribution is -2.45. The number of carbonyl (C=O) groups is 1. The number of halogens is 1. The fraction of sp³-hybridized carbons (Fsp3) is 0.462. The van der Waals surface area contributed by atoms with Crippen LogP contribution < -0.4 is 10.5 Å². The van der Waals surface area contributed by atoms with E-state index in [9.17, 15) is 4.79 Å². The van der Waals surface area contributed by atoms with Gasteiger partial charge in [-0.1, -0.05) is 11.6 Å². The fourth-order valence-corrected chi connectivity index (χ4v) is 2.38. The van der Waals surface area contributed by atoms with E-state index >= 15 is 0 Å². The zero-order chi connectivity index (χ0) is 13.1. The number of rotatable bonds is 2. The van der Waals surface area contributed by atoms with Crippen LogP contribution in [0.4, 0.5) is 0 Å². The number of piperidine rings is 1. The number of hydrogen-bond donors (Lipinski definition) is 1. The van der Waals surface area contributed by atoms with E-state index in [1.807, 2.05) is 0 Å². The molecule has 2 N–H and O–H groups in total. The summed E-state index contributed by atoms with van der Waals surface area (Å²) in [6.07, 6.45) is 1.91. The average molecular weight is 269 g/mol. The minimum absolute atomic E-state index is 0.0629. The number of benzene rings is 1. The van der Waals surface area contributed by atoms with Crippen LogP contribution in [0.25, 0.3) is 0 Å². The van der Waals surface area contributed by atoms with Gasteiger partial charge in [0.05, 0.1) is 12.7 Å². The second-order valence-corrected chi connectivity index (χ2v) is 4.93. The molecule has 1 aliphatic heterocycles. The van der Waals surface area contributed by atoms with Crippen molar-refractivity contribution < 1.29 is 9.53 Å². The van der Waals surface area contributed by atoms with Crippen molar-refractivity contribution in [3.05, 3.63) is 28.8 Å². The molecule has 1 heterocycles. The van der Waals surface area contributed by atoms with E-state index in [1.165, 1.54) is 0 Å². The van der Waals surface area contributed by atoms with Gasteiger partial charge >= 0.3 is 0 Å². The summed E-state index contributed by atoms with van der Waals surface area (Å²) in [4.78, 5) is 14.2. The summed E-state index contributed by atoms with van der Waals surface area (Å²) >= 11 is 5.93. The van der Waals surface area contributed by atoms with E-state index in [2.05, 4.69) is 0 Å². The first-order valence-electron chi connectivity index (χ1n) is 6.00. The highest BCUT2D eigenvalue weighted by molar-refractivity contribution is 6.31. The van der Waals surface area contributed by atoms with Crippen LogP contribution in [0, 0.1) is 0 Å². The normalized spacial score (nSPS) is 19.7. The summed E-state index contributed by atoms with van der Waals surface area (Å²) in [6, 6.07) is 5.12. The van der Waals surface area contributed by atoms with Crippen molar-refractivity contribution in [2.45, 2.75) is 18.9 Å². The maximum atomic E-state index is 12.4. The lowest BCUT2D eigenvalue weighted by molar-refractivity contribution is 0.0705. The molecule has 0 unspecified atom stereocenters. The third kappa shape index (κ3) is 2.76. The highest BCUT2D eigenvalue weighted by Crippen LogP contribution is 2.25. The Labute approximate surface area is 112 Å². The standard InChI is InChI=1S/C13H17ClN2O2/c1-18-12-5-4-9(14)7-11(12)13(17)16-6-2-3-10(15)8-16/h4-5,7,10H,2-3,6,8,15H2,1H3/t10-/m1/s1. The van der Waals surface area contributed by atoms with Crippen molar-refractivity contribution >= 4 is 17.5 Å². The molecule has 4 nitrogen and oxygen atoms in total. The van der Waals surface area contributed by atoms with Gasteiger partial charge in [-0.25, -0.2) is 0 Å². The highest BCUT2D eigenvalue weighted by Gasteiger charge is 2.24. The Bertz CT molecular complexity index is 451. The van der Waals surface area contributed by atoms with Crippen LogP contribution in [-0.2, 0) is 0 Å². The minimum Gasteiger partial charge on any atom is -0.496 e. The van der Waals surface area contributed by atoms with Crippen LogP contribution in [0.2, 0.25) is 5.02 Å². The molecular formula is C13H17ClN2O2. The first-order chi connectivity index (χ1) is 8.61. The zero-order valence-corrected chi connectivity index (χ0v) is 11.1. The lowest BCUT2D eigenvalue weighted by atomic mass is 10.0. The van der Waals surface area contributed by atoms with Crippen molar-refractivity contribution in [3.63, 3.8) is 0 Å². The van der Waals surface area contributed by atoms with E-state index in [0.29, 0.717) is 22.9 Å². The van der Waals surface area contributed by atoms with Gasteiger partial charge in [-0.05, 0) is 31.0 Å². The van der Waals surface area contributed by atoms with Crippen molar-refractivity contribution in [3.8, 4) is 5.75 Å². The largest absolute Gasteiger partial charge is 0.496 e. The molecule has 18 heavy (non-hydrogen) atoms. The lowest BCUT2D eigenvalue weighted by Gasteiger charge is -2.31. The van der Waals surface area contributed by atoms with Crippen LogP contribution in [0.15, 0.2) is 18.2 Å². The molecule has 1 saturated heterocycles. The van der Waals surface area contributed by atoms with Gasteiger partial charge in [0.15, 0.2) is 0 Å². The Hall–Kier alpha value is -1.26. The fourth-order valence-electron chi connectivity index (χ4n) is 2.21. The predicted molar refractivity (Wildman–Crippen MR) is 71.1 cm³/mol. The smallest absolute Gasteiger partial charge is 0.257 e. The number of ether oxygens (including phenoxy) is 1. The van der Waals surface area contributed by atoms with Gasteiger partial charge in [0.1, 0.15) is 5.75 Å². The Kier molecular flexibility index (Phi) is 4.09. The van der Waals surface area contributed by atoms with Crippen LogP contribution in [-0.4, -0.2) is 37.0 Å². The van der Waals surface area contributed by atoms with Crippen molar-refractivity contribution in [2.75, 3.05) is 20.2 Å². The second-order valence-electron chi connectivity index (χ2n) is 4.50. The molecule has 1 aromatic rings. The van der Waals surface area contributed by atoms with Crippen molar-refractivity contribution in [1.29, 1.82) is 0 Å². The molecule has 0 aromatic heterocycles. The molecule has 98 valence electrons. The predicted octanol–water partition coefficient (Wildman–Crippen LogP) is 1.91. The van der Waals surface area contributed by atoms with Crippen molar-refractivity contribution in [1.82, 2.24) is 4.90 Å². The molecule has 0 aliphatic carbocycles. The first-order valence-corrected chi connectivity index (χ1v) is 6.38. The Morgan fingerprint density at radius 3 is 3.00 bits per heavy atom. The molecule has 1 aromatic carbocycles. The molecule has 1 amide bonds. The molecule has 2 rings (SSSR count). The average Bonchev–Trinajstić information content (AvgIpc) is 2.38. The quantitative estimate of drug-likeness (QED) is 0.891. The van der Waals surface area contributed by atoms with Gasteiger partial charge in [-0.15, -0.1) is 0 Å². The SMILES string of the molecule is COc1ccc(Cl)cc1C(=O)N1CCC[C@@H](N)C1. The third-order valence-corrected chi connectivity index (χ3v) is 3.37. The van der Waals surface area contributed by atoms with Crippen LogP contribution in [0.1, 0.15) is 23.2 Å². The van der Waals surface area contributed by atoms with Crippen LogP contribution in [0.5, 0.6) is 5.75 Å². The van der Waals surface area contributed by atoms with E-state index in [0.717, 1.165) is 19.4 Å². The van der Waals surface area contributed by atoms with Crippen LogP contribution in [0.3, 0.4) is 0 Å². The number of nitrogens with zero attached hydrogens (tertiary/aromatic N) is 1. The summed E-state index contributed by atoms with van der Waals surface area (Å²) < 4.78 is 5.20. The molecule has 1 fully saturated rings. The Balaban J connectivity index is 2.24. The monoisotopic (exact) mass is 268 g/mol. The molecule has 0 bridgehead atoms. The van der Waals surface area contributed by atoms with E-state index in [4.69, 9.17) is 22.1 Å². The van der Waals surface area contributed by atoms with Gasteiger partial charge in [-0.3, -0.25) is 4.79 Å². The van der Waals surface area contributed by atoms with Crippen LogP contribution >= 0.6 is 11.6 Å². The molecule has 1 aliphatic rings. The summed E-state index contributed by atoms with van der Waals surface area (Å²) in [6.45, 7) is 1.33. The second kappa shape index (κ2) is 5.59. The van der Waals surface area contributed by atoms with E-state index in [-0.39, 0.29) is 11.9 Å². The topological polar surface area (TPSA) is 55.6 Å². The number of likely N-dealkylation sites (tertiary alicyclic amines) is 1. The number of carbonyl (C=O) groups excluding carboxylic acids is 1. The molecular weight excluding hydrogens is 252 g/mol. The number of methoxy groups -OCH3 is 1. The van der Waals surface area contributed by atoms with Gasteiger partial charge in [0, 0.05) is 24.2 Å². The molecule has 0 radical (unpaired) electrons. The highest BCUT2D eigenvalue weighted by atomic mass is 35.5. The third-order valence-electron chi connectivity index (χ3n) is 3.14. The Morgan fingerprint density at radius 1 is 1.56 bits per heavy atom. The maximum Gasteiger partial charge on any atom is 0.257 e. The summed E-state index contributed by atoms with van der Waals surface area (Å²) in [5.41, 5.74) is 6.39. The van der Waals surface area contributed by atoms with Gasteiger partial charge in [0.2, 0.25) is 0 Å². The summed E-state index contributed by atoms with van der Waals surface area (Å²) in [5.74, 6) is 0.480. The summed E-state index contributed by atoms with van der Waals surface area (Å²) in [5, 5.41) is 0.528. The van der Waals surface area contributed by atoms with Gasteiger partial charge in [0.25, 0.3) is 5.91 Å². The zero-order valence-electron chi connectivity index (χ0n) is 10.4. The molecule has 0 spiro atoms. The molecule has 5 heteroatoms. The number of nitrogens with two attached hydrogens (primary N) is 1. The molecule has 0 saturated carbocycles. The maximum absolute atomic E-state index is 12.4. The summed E-state index contributed by atoms with van der Waals surface area (Å²) in [7, 11) is 1.54. The number of hydrogen-bond acceptors (Lipinski definition) is 3. The van der Waals surface area contributed by atoms with E-state index in [1.54, 1.807) is 30.2 Å². The van der Waals surface area contributed by atoms with E-state index < -0.39 is 0 Å². The Morgan fingerprint density at radius 2 is 2.33 bits per heavy atom. The molecule has 1 atom stereocenters. The van der Waals surface area contributed by atoms with Gasteiger partial charge < -0.3 is 15.4 Å².